The summed E-state index contributed by atoms with van der Waals surface area (Å²) >= 11 is 0. The van der Waals surface area contributed by atoms with Gasteiger partial charge in [0, 0.05) is 37.9 Å². The van der Waals surface area contributed by atoms with Gasteiger partial charge in [-0.25, -0.2) is 4.79 Å². The second kappa shape index (κ2) is 7.61. The van der Waals surface area contributed by atoms with Crippen molar-refractivity contribution in [1.82, 2.24) is 9.80 Å². The highest BCUT2D eigenvalue weighted by atomic mass is 16.3. The summed E-state index contributed by atoms with van der Waals surface area (Å²) in [6.45, 7) is 2.37. The minimum atomic E-state index is -0.116. The Morgan fingerprint density at radius 1 is 1.08 bits per heavy atom. The minimum Gasteiger partial charge on any atom is -0.395 e. The van der Waals surface area contributed by atoms with Crippen LogP contribution in [-0.4, -0.2) is 71.5 Å². The third kappa shape index (κ3) is 3.67. The molecular weight excluding hydrogens is 306 g/mol. The maximum atomic E-state index is 12.3. The number of rotatable bonds is 6. The number of urea groups is 1. The van der Waals surface area contributed by atoms with Crippen molar-refractivity contribution in [3.05, 3.63) is 42.5 Å². The van der Waals surface area contributed by atoms with Crippen LogP contribution in [0.4, 0.5) is 10.5 Å². The third-order valence-corrected chi connectivity index (χ3v) is 4.44. The number of hydrogen-bond acceptors (Lipinski definition) is 4. The van der Waals surface area contributed by atoms with E-state index in [9.17, 15) is 4.79 Å². The fourth-order valence-electron chi connectivity index (χ4n) is 3.06. The topological polar surface area (TPSA) is 76.0 Å². The van der Waals surface area contributed by atoms with E-state index in [0.29, 0.717) is 26.2 Å². The molecule has 1 heterocycles. The van der Waals surface area contributed by atoms with Crippen LogP contribution < -0.4 is 5.32 Å². The van der Waals surface area contributed by atoms with Crippen LogP contribution in [-0.2, 0) is 0 Å². The van der Waals surface area contributed by atoms with Crippen LogP contribution in [0.25, 0.3) is 10.8 Å². The highest BCUT2D eigenvalue weighted by Gasteiger charge is 2.34. The molecule has 0 radical (unpaired) electrons. The molecule has 2 aromatic carbocycles. The molecule has 0 aliphatic carbocycles. The molecule has 6 heteroatoms. The standard InChI is InChI=1S/C18H23N3O3/c22-9-7-20(8-10-23)17-12-21(13-17)18(24)19-16-6-5-14-3-1-2-4-15(14)11-16/h1-6,11,17,22-23H,7-10,12-13H2,(H,19,24). The summed E-state index contributed by atoms with van der Waals surface area (Å²) in [6, 6.07) is 14.0. The van der Waals surface area contributed by atoms with Crippen molar-refractivity contribution < 1.29 is 15.0 Å². The van der Waals surface area contributed by atoms with Gasteiger partial charge in [0.25, 0.3) is 0 Å². The normalized spacial score (nSPS) is 14.9. The predicted molar refractivity (Wildman–Crippen MR) is 94.1 cm³/mol. The zero-order valence-corrected chi connectivity index (χ0v) is 13.6. The monoisotopic (exact) mass is 329 g/mol. The Labute approximate surface area is 141 Å². The SMILES string of the molecule is O=C(Nc1ccc2ccccc2c1)N1CC(N(CCO)CCO)C1. The molecule has 0 atom stereocenters. The fraction of sp³-hybridized carbons (Fsp3) is 0.389. The largest absolute Gasteiger partial charge is 0.395 e. The summed E-state index contributed by atoms with van der Waals surface area (Å²) in [6.07, 6.45) is 0. The van der Waals surface area contributed by atoms with Crippen molar-refractivity contribution in [3.63, 3.8) is 0 Å². The summed E-state index contributed by atoms with van der Waals surface area (Å²) in [5.41, 5.74) is 0.782. The first-order chi connectivity index (χ1) is 11.7. The molecule has 3 rings (SSSR count). The molecule has 0 unspecified atom stereocenters. The summed E-state index contributed by atoms with van der Waals surface area (Å²) in [5.74, 6) is 0. The smallest absolute Gasteiger partial charge is 0.321 e. The van der Waals surface area contributed by atoms with Crippen molar-refractivity contribution in [2.45, 2.75) is 6.04 Å². The van der Waals surface area contributed by atoms with Gasteiger partial charge in [-0.15, -0.1) is 0 Å². The lowest BCUT2D eigenvalue weighted by molar-refractivity contribution is 0.0393. The first-order valence-electron chi connectivity index (χ1n) is 8.22. The van der Waals surface area contributed by atoms with E-state index in [1.165, 1.54) is 0 Å². The average molecular weight is 329 g/mol. The number of nitrogens with one attached hydrogen (secondary N) is 1. The molecule has 0 bridgehead atoms. The summed E-state index contributed by atoms with van der Waals surface area (Å²) < 4.78 is 0. The fourth-order valence-corrected chi connectivity index (χ4v) is 3.06. The second-order valence-corrected chi connectivity index (χ2v) is 6.03. The van der Waals surface area contributed by atoms with E-state index in [4.69, 9.17) is 10.2 Å². The van der Waals surface area contributed by atoms with Gasteiger partial charge in [-0.2, -0.15) is 0 Å². The molecule has 2 aromatic rings. The number of aliphatic hydroxyl groups excluding tert-OH is 2. The molecule has 1 saturated heterocycles. The summed E-state index contributed by atoms with van der Waals surface area (Å²) in [7, 11) is 0. The molecule has 0 saturated carbocycles. The van der Waals surface area contributed by atoms with Crippen molar-refractivity contribution in [1.29, 1.82) is 0 Å². The van der Waals surface area contributed by atoms with Crippen LogP contribution in [0.3, 0.4) is 0 Å². The lowest BCUT2D eigenvalue weighted by atomic mass is 10.1. The first kappa shape index (κ1) is 16.7. The number of fused-ring (bicyclic) bond motifs is 1. The number of amides is 2. The Hall–Kier alpha value is -2.15. The third-order valence-electron chi connectivity index (χ3n) is 4.44. The molecule has 3 N–H and O–H groups in total. The molecule has 1 aliphatic heterocycles. The molecule has 2 amide bonds. The van der Waals surface area contributed by atoms with Gasteiger partial charge in [-0.1, -0.05) is 30.3 Å². The van der Waals surface area contributed by atoms with Gasteiger partial charge in [0.15, 0.2) is 0 Å². The van der Waals surface area contributed by atoms with Crippen LogP contribution in [0.2, 0.25) is 0 Å². The summed E-state index contributed by atoms with van der Waals surface area (Å²) in [4.78, 5) is 16.1. The number of anilines is 1. The molecule has 6 nitrogen and oxygen atoms in total. The van der Waals surface area contributed by atoms with Gasteiger partial charge in [-0.3, -0.25) is 4.90 Å². The predicted octanol–water partition coefficient (Wildman–Crippen LogP) is 1.34. The Balaban J connectivity index is 1.56. The van der Waals surface area contributed by atoms with Crippen LogP contribution in [0.15, 0.2) is 42.5 Å². The molecular formula is C18H23N3O3. The Morgan fingerprint density at radius 3 is 2.42 bits per heavy atom. The number of hydrogen-bond donors (Lipinski definition) is 3. The number of aliphatic hydroxyl groups is 2. The van der Waals surface area contributed by atoms with Crippen LogP contribution in [0, 0.1) is 0 Å². The van der Waals surface area contributed by atoms with Crippen LogP contribution in [0.5, 0.6) is 0 Å². The van der Waals surface area contributed by atoms with E-state index < -0.39 is 0 Å². The van der Waals surface area contributed by atoms with Crippen LogP contribution >= 0.6 is 0 Å². The quantitative estimate of drug-likeness (QED) is 0.748. The van der Waals surface area contributed by atoms with E-state index in [0.717, 1.165) is 16.5 Å². The zero-order chi connectivity index (χ0) is 16.9. The highest BCUT2D eigenvalue weighted by molar-refractivity contribution is 5.93. The van der Waals surface area contributed by atoms with Gasteiger partial charge in [0.05, 0.1) is 13.2 Å². The number of carbonyl (C=O) groups is 1. The molecule has 128 valence electrons. The number of nitrogens with zero attached hydrogens (tertiary/aromatic N) is 2. The molecule has 1 fully saturated rings. The Morgan fingerprint density at radius 2 is 1.75 bits per heavy atom. The minimum absolute atomic E-state index is 0.0553. The zero-order valence-electron chi connectivity index (χ0n) is 13.6. The van der Waals surface area contributed by atoms with Crippen molar-refractivity contribution in [2.75, 3.05) is 44.7 Å². The van der Waals surface area contributed by atoms with E-state index in [1.54, 1.807) is 4.90 Å². The molecule has 1 aliphatic rings. The number of carbonyl (C=O) groups excluding carboxylic acids is 1. The van der Waals surface area contributed by atoms with Crippen molar-refractivity contribution in [2.24, 2.45) is 0 Å². The average Bonchev–Trinajstić information content (AvgIpc) is 2.54. The van der Waals surface area contributed by atoms with Gasteiger partial charge in [-0.05, 0) is 22.9 Å². The van der Waals surface area contributed by atoms with Crippen molar-refractivity contribution >= 4 is 22.5 Å². The van der Waals surface area contributed by atoms with Gasteiger partial charge in [0.1, 0.15) is 0 Å². The highest BCUT2D eigenvalue weighted by Crippen LogP contribution is 2.21. The number of benzene rings is 2. The summed E-state index contributed by atoms with van der Waals surface area (Å²) in [5, 5.41) is 23.3. The maximum Gasteiger partial charge on any atom is 0.321 e. The maximum absolute atomic E-state index is 12.3. The van der Waals surface area contributed by atoms with Crippen molar-refractivity contribution in [3.8, 4) is 0 Å². The van der Waals surface area contributed by atoms with E-state index >= 15 is 0 Å². The second-order valence-electron chi connectivity index (χ2n) is 6.03. The lowest BCUT2D eigenvalue weighted by Gasteiger charge is -2.45. The van der Waals surface area contributed by atoms with E-state index in [-0.39, 0.29) is 25.3 Å². The van der Waals surface area contributed by atoms with Crippen LogP contribution in [0.1, 0.15) is 0 Å². The van der Waals surface area contributed by atoms with E-state index in [2.05, 4.69) is 5.32 Å². The molecule has 0 spiro atoms. The molecule has 24 heavy (non-hydrogen) atoms. The van der Waals surface area contributed by atoms with Gasteiger partial charge in [0.2, 0.25) is 0 Å². The number of likely N-dealkylation sites (tertiary alicyclic amines) is 1. The van der Waals surface area contributed by atoms with Gasteiger partial charge >= 0.3 is 6.03 Å². The Kier molecular flexibility index (Phi) is 5.30. The molecule has 0 aromatic heterocycles. The van der Waals surface area contributed by atoms with Gasteiger partial charge < -0.3 is 20.4 Å². The Bertz CT molecular complexity index is 695. The lowest BCUT2D eigenvalue weighted by Crippen LogP contribution is -2.62. The first-order valence-corrected chi connectivity index (χ1v) is 8.22. The van der Waals surface area contributed by atoms with E-state index in [1.807, 2.05) is 47.4 Å².